The summed E-state index contributed by atoms with van der Waals surface area (Å²) in [6.45, 7) is 5.85. The van der Waals surface area contributed by atoms with Gasteiger partial charge < -0.3 is 15.4 Å². The molecule has 0 aliphatic carbocycles. The molecule has 0 fully saturated rings. The molecule has 0 bridgehead atoms. The van der Waals surface area contributed by atoms with Crippen LogP contribution >= 0.6 is 0 Å². The van der Waals surface area contributed by atoms with Crippen LogP contribution in [0.4, 0.5) is 11.6 Å². The number of nitrogens with zero attached hydrogens (tertiary/aromatic N) is 3. The van der Waals surface area contributed by atoms with Gasteiger partial charge in [-0.15, -0.1) is 0 Å². The molecule has 2 aromatic carbocycles. The summed E-state index contributed by atoms with van der Waals surface area (Å²) in [5.74, 6) is 1.20. The molecular formula is C22H23N5O2. The minimum Gasteiger partial charge on any atom is -0.491 e. The van der Waals surface area contributed by atoms with E-state index in [0.717, 1.165) is 22.7 Å². The third-order valence-corrected chi connectivity index (χ3v) is 4.64. The van der Waals surface area contributed by atoms with Crippen LogP contribution in [-0.4, -0.2) is 26.8 Å². The molecule has 1 unspecified atom stereocenters. The van der Waals surface area contributed by atoms with Crippen molar-refractivity contribution in [3.8, 4) is 5.75 Å². The van der Waals surface area contributed by atoms with Crippen molar-refractivity contribution < 1.29 is 9.53 Å². The average Bonchev–Trinajstić information content (AvgIpc) is 3.16. The van der Waals surface area contributed by atoms with Crippen LogP contribution in [0.15, 0.2) is 72.2 Å². The monoisotopic (exact) mass is 389 g/mol. The Morgan fingerprint density at radius 1 is 1.14 bits per heavy atom. The van der Waals surface area contributed by atoms with E-state index in [1.54, 1.807) is 4.68 Å². The fourth-order valence-electron chi connectivity index (χ4n) is 3.41. The van der Waals surface area contributed by atoms with Crippen molar-refractivity contribution in [1.82, 2.24) is 14.8 Å². The second-order valence-electron chi connectivity index (χ2n) is 7.15. The molecule has 1 aliphatic rings. The maximum absolute atomic E-state index is 13.2. The van der Waals surface area contributed by atoms with Crippen LogP contribution < -0.4 is 15.4 Å². The number of aromatic nitrogens is 3. The first-order valence-corrected chi connectivity index (χ1v) is 9.53. The lowest BCUT2D eigenvalue weighted by molar-refractivity contribution is -0.113. The molecule has 1 aromatic heterocycles. The second kappa shape index (κ2) is 7.79. The zero-order valence-corrected chi connectivity index (χ0v) is 16.6. The molecule has 3 aromatic rings. The maximum atomic E-state index is 13.2. The molecule has 1 atom stereocenters. The number of anilines is 2. The Morgan fingerprint density at radius 2 is 1.86 bits per heavy atom. The number of amides is 1. The third kappa shape index (κ3) is 3.85. The standard InChI is InChI=1S/C22H23N5O2/c1-14(2)29-18-11-9-16(10-12-18)20-19(15(3)25-22-23-13-24-27(20)22)21(28)26-17-7-5-4-6-8-17/h4-14,20H,1-3H3,(H,26,28)(H,23,24,25). The first-order chi connectivity index (χ1) is 14.0. The maximum Gasteiger partial charge on any atom is 0.255 e. The number of benzene rings is 2. The topological polar surface area (TPSA) is 81.1 Å². The minimum absolute atomic E-state index is 0.0935. The van der Waals surface area contributed by atoms with E-state index >= 15 is 0 Å². The molecule has 7 nitrogen and oxygen atoms in total. The number of hydrogen-bond donors (Lipinski definition) is 2. The van der Waals surface area contributed by atoms with Crippen molar-refractivity contribution in [2.24, 2.45) is 0 Å². The predicted octanol–water partition coefficient (Wildman–Crippen LogP) is 3.99. The fourth-order valence-corrected chi connectivity index (χ4v) is 3.41. The van der Waals surface area contributed by atoms with Crippen LogP contribution in [0.2, 0.25) is 0 Å². The zero-order valence-electron chi connectivity index (χ0n) is 16.6. The van der Waals surface area contributed by atoms with Crippen LogP contribution in [0, 0.1) is 0 Å². The van der Waals surface area contributed by atoms with Crippen LogP contribution in [0.25, 0.3) is 0 Å². The van der Waals surface area contributed by atoms with Gasteiger partial charge in [0.2, 0.25) is 5.95 Å². The lowest BCUT2D eigenvalue weighted by Gasteiger charge is -2.29. The van der Waals surface area contributed by atoms with Gasteiger partial charge in [0.25, 0.3) is 5.91 Å². The SMILES string of the molecule is CC1=C(C(=O)Nc2ccccc2)C(c2ccc(OC(C)C)cc2)n2ncnc2N1. The first kappa shape index (κ1) is 18.7. The molecule has 0 saturated carbocycles. The van der Waals surface area contributed by atoms with Gasteiger partial charge in [-0.25, -0.2) is 4.68 Å². The Balaban J connectivity index is 1.71. The number of allylic oxidation sites excluding steroid dienone is 1. The molecule has 0 radical (unpaired) electrons. The quantitative estimate of drug-likeness (QED) is 0.690. The number of nitrogens with one attached hydrogen (secondary N) is 2. The van der Waals surface area contributed by atoms with Crippen LogP contribution in [-0.2, 0) is 4.79 Å². The number of para-hydroxylation sites is 1. The number of rotatable bonds is 5. The number of carbonyl (C=O) groups excluding carboxylic acids is 1. The summed E-state index contributed by atoms with van der Waals surface area (Å²) < 4.78 is 7.47. The van der Waals surface area contributed by atoms with Crippen molar-refractivity contribution in [3.63, 3.8) is 0 Å². The van der Waals surface area contributed by atoms with E-state index in [1.807, 2.05) is 75.4 Å². The number of ether oxygens (including phenoxy) is 1. The molecule has 7 heteroatoms. The van der Waals surface area contributed by atoms with E-state index in [4.69, 9.17) is 4.74 Å². The molecule has 2 heterocycles. The fraction of sp³-hybridized carbons (Fsp3) is 0.227. The number of hydrogen-bond acceptors (Lipinski definition) is 5. The molecular weight excluding hydrogens is 366 g/mol. The normalized spacial score (nSPS) is 15.7. The lowest BCUT2D eigenvalue weighted by atomic mass is 9.95. The highest BCUT2D eigenvalue weighted by Crippen LogP contribution is 2.35. The van der Waals surface area contributed by atoms with E-state index < -0.39 is 6.04 Å². The van der Waals surface area contributed by atoms with E-state index in [0.29, 0.717) is 11.5 Å². The molecule has 0 spiro atoms. The number of carbonyl (C=O) groups is 1. The number of fused-ring (bicyclic) bond motifs is 1. The minimum atomic E-state index is -0.398. The van der Waals surface area contributed by atoms with Crippen molar-refractivity contribution in [3.05, 3.63) is 77.8 Å². The Hall–Kier alpha value is -3.61. The molecule has 148 valence electrons. The van der Waals surface area contributed by atoms with E-state index in [1.165, 1.54) is 6.33 Å². The predicted molar refractivity (Wildman–Crippen MR) is 112 cm³/mol. The molecule has 1 amide bonds. The highest BCUT2D eigenvalue weighted by molar-refractivity contribution is 6.06. The lowest BCUT2D eigenvalue weighted by Crippen LogP contribution is -2.31. The summed E-state index contributed by atoms with van der Waals surface area (Å²) in [5, 5.41) is 10.5. The summed E-state index contributed by atoms with van der Waals surface area (Å²) in [4.78, 5) is 17.5. The van der Waals surface area contributed by atoms with Gasteiger partial charge in [-0.05, 0) is 50.6 Å². The van der Waals surface area contributed by atoms with Gasteiger partial charge >= 0.3 is 0 Å². The van der Waals surface area contributed by atoms with Crippen LogP contribution in [0.3, 0.4) is 0 Å². The van der Waals surface area contributed by atoms with Gasteiger partial charge in [0.15, 0.2) is 0 Å². The second-order valence-corrected chi connectivity index (χ2v) is 7.15. The van der Waals surface area contributed by atoms with E-state index in [2.05, 4.69) is 20.7 Å². The van der Waals surface area contributed by atoms with Crippen molar-refractivity contribution >= 4 is 17.5 Å². The summed E-state index contributed by atoms with van der Waals surface area (Å²) in [6.07, 6.45) is 1.58. The Morgan fingerprint density at radius 3 is 2.55 bits per heavy atom. The zero-order chi connectivity index (χ0) is 20.4. The molecule has 1 aliphatic heterocycles. The molecule has 0 saturated heterocycles. The van der Waals surface area contributed by atoms with Crippen molar-refractivity contribution in [1.29, 1.82) is 0 Å². The first-order valence-electron chi connectivity index (χ1n) is 9.53. The molecule has 29 heavy (non-hydrogen) atoms. The summed E-state index contributed by atoms with van der Waals surface area (Å²) in [7, 11) is 0. The highest BCUT2D eigenvalue weighted by Gasteiger charge is 2.33. The molecule has 4 rings (SSSR count). The Labute approximate surface area is 169 Å². The summed E-state index contributed by atoms with van der Waals surface area (Å²) in [5.41, 5.74) is 2.99. The van der Waals surface area contributed by atoms with Crippen molar-refractivity contribution in [2.45, 2.75) is 32.9 Å². The van der Waals surface area contributed by atoms with Crippen LogP contribution in [0.5, 0.6) is 5.75 Å². The Kier molecular flexibility index (Phi) is 5.03. The third-order valence-electron chi connectivity index (χ3n) is 4.64. The molecule has 2 N–H and O–H groups in total. The van der Waals surface area contributed by atoms with Crippen LogP contribution in [0.1, 0.15) is 32.4 Å². The van der Waals surface area contributed by atoms with E-state index in [9.17, 15) is 4.79 Å². The van der Waals surface area contributed by atoms with Gasteiger partial charge in [0, 0.05) is 11.4 Å². The largest absolute Gasteiger partial charge is 0.491 e. The van der Waals surface area contributed by atoms with Gasteiger partial charge in [-0.2, -0.15) is 10.1 Å². The van der Waals surface area contributed by atoms with Crippen molar-refractivity contribution in [2.75, 3.05) is 10.6 Å². The highest BCUT2D eigenvalue weighted by atomic mass is 16.5. The summed E-state index contributed by atoms with van der Waals surface area (Å²) >= 11 is 0. The van der Waals surface area contributed by atoms with E-state index in [-0.39, 0.29) is 12.0 Å². The van der Waals surface area contributed by atoms with Gasteiger partial charge in [0.1, 0.15) is 18.1 Å². The van der Waals surface area contributed by atoms with Gasteiger partial charge in [0.05, 0.1) is 11.7 Å². The summed E-state index contributed by atoms with van der Waals surface area (Å²) in [6, 6.07) is 16.7. The Bertz CT molecular complexity index is 1040. The average molecular weight is 389 g/mol. The van der Waals surface area contributed by atoms with Gasteiger partial charge in [-0.3, -0.25) is 4.79 Å². The smallest absolute Gasteiger partial charge is 0.255 e. The van der Waals surface area contributed by atoms with Gasteiger partial charge in [-0.1, -0.05) is 30.3 Å².